The van der Waals surface area contributed by atoms with Crippen molar-refractivity contribution in [2.24, 2.45) is 11.7 Å². The number of likely N-dealkylation sites (tertiary alicyclic amines) is 1. The van der Waals surface area contributed by atoms with Crippen molar-refractivity contribution in [3.63, 3.8) is 0 Å². The fourth-order valence-electron chi connectivity index (χ4n) is 2.48. The van der Waals surface area contributed by atoms with Gasteiger partial charge in [-0.15, -0.1) is 0 Å². The largest absolute Gasteiger partial charge is 0.467 e. The molecule has 3 nitrogen and oxygen atoms in total. The summed E-state index contributed by atoms with van der Waals surface area (Å²) in [5, 5.41) is 0. The van der Waals surface area contributed by atoms with Crippen molar-refractivity contribution in [1.29, 1.82) is 0 Å². The van der Waals surface area contributed by atoms with Crippen LogP contribution in [0.5, 0.6) is 0 Å². The highest BCUT2D eigenvalue weighted by Crippen LogP contribution is 2.41. The summed E-state index contributed by atoms with van der Waals surface area (Å²) in [6, 6.07) is 3.99. The second kappa shape index (κ2) is 3.41. The maximum absolute atomic E-state index is 5.81. The monoisotopic (exact) mass is 194 g/mol. The molecule has 78 valence electrons. The van der Waals surface area contributed by atoms with Gasteiger partial charge in [-0.3, -0.25) is 4.90 Å². The van der Waals surface area contributed by atoms with E-state index in [1.807, 2.05) is 12.1 Å². The fourth-order valence-corrected chi connectivity index (χ4v) is 2.48. The smallest absolute Gasteiger partial charge is 0.124 e. The third-order valence-electron chi connectivity index (χ3n) is 3.71. The zero-order valence-corrected chi connectivity index (χ0v) is 8.86. The number of hydrogen-bond acceptors (Lipinski definition) is 3. The molecule has 2 atom stereocenters. The lowest BCUT2D eigenvalue weighted by atomic mass is 9.84. The molecule has 2 N–H and O–H groups in total. The van der Waals surface area contributed by atoms with E-state index >= 15 is 0 Å². The van der Waals surface area contributed by atoms with Crippen LogP contribution >= 0.6 is 0 Å². The highest BCUT2D eigenvalue weighted by atomic mass is 16.3. The van der Waals surface area contributed by atoms with Crippen LogP contribution in [0, 0.1) is 5.92 Å². The Morgan fingerprint density at radius 1 is 1.71 bits per heavy atom. The Kier molecular flexibility index (Phi) is 2.37. The van der Waals surface area contributed by atoms with Gasteiger partial charge in [-0.25, -0.2) is 0 Å². The Morgan fingerprint density at radius 3 is 3.07 bits per heavy atom. The second-order valence-corrected chi connectivity index (χ2v) is 4.27. The Bertz CT molecular complexity index is 296. The van der Waals surface area contributed by atoms with Crippen LogP contribution < -0.4 is 5.73 Å². The van der Waals surface area contributed by atoms with Gasteiger partial charge >= 0.3 is 0 Å². The quantitative estimate of drug-likeness (QED) is 0.774. The lowest BCUT2D eigenvalue weighted by molar-refractivity contribution is 0.122. The van der Waals surface area contributed by atoms with Gasteiger partial charge < -0.3 is 10.2 Å². The molecular weight excluding hydrogens is 176 g/mol. The van der Waals surface area contributed by atoms with Gasteiger partial charge in [0.2, 0.25) is 0 Å². The van der Waals surface area contributed by atoms with E-state index in [1.165, 1.54) is 0 Å². The molecule has 0 aliphatic carbocycles. The topological polar surface area (TPSA) is 42.4 Å². The SMILES string of the molecule is CN1CCC(CN)C1(C)c1ccco1. The molecule has 2 heterocycles. The van der Waals surface area contributed by atoms with E-state index in [2.05, 4.69) is 18.9 Å². The molecule has 1 aliphatic rings. The number of hydrogen-bond donors (Lipinski definition) is 1. The summed E-state index contributed by atoms with van der Waals surface area (Å²) >= 11 is 0. The predicted molar refractivity (Wildman–Crippen MR) is 55.9 cm³/mol. The Morgan fingerprint density at radius 2 is 2.50 bits per heavy atom. The molecule has 2 unspecified atom stereocenters. The minimum atomic E-state index is -0.0156. The minimum Gasteiger partial charge on any atom is -0.467 e. The molecule has 1 fully saturated rings. The predicted octanol–water partition coefficient (Wildman–Crippen LogP) is 1.41. The van der Waals surface area contributed by atoms with Crippen molar-refractivity contribution < 1.29 is 4.42 Å². The van der Waals surface area contributed by atoms with Crippen molar-refractivity contribution in [1.82, 2.24) is 4.90 Å². The van der Waals surface area contributed by atoms with E-state index in [4.69, 9.17) is 10.2 Å². The van der Waals surface area contributed by atoms with Crippen LogP contribution in [0.1, 0.15) is 19.1 Å². The molecular formula is C11H18N2O. The first kappa shape index (κ1) is 9.74. The highest BCUT2D eigenvalue weighted by Gasteiger charge is 2.45. The molecule has 0 spiro atoms. The van der Waals surface area contributed by atoms with E-state index in [1.54, 1.807) is 6.26 Å². The summed E-state index contributed by atoms with van der Waals surface area (Å²) in [7, 11) is 2.14. The first-order chi connectivity index (χ1) is 6.69. The van der Waals surface area contributed by atoms with Gasteiger partial charge in [0, 0.05) is 0 Å². The van der Waals surface area contributed by atoms with Gasteiger partial charge in [0.05, 0.1) is 11.8 Å². The molecule has 0 amide bonds. The number of furan rings is 1. The van der Waals surface area contributed by atoms with Crippen LogP contribution in [0.15, 0.2) is 22.8 Å². The summed E-state index contributed by atoms with van der Waals surface area (Å²) in [6.45, 7) is 4.04. The molecule has 2 rings (SSSR count). The average Bonchev–Trinajstić information content (AvgIpc) is 2.77. The van der Waals surface area contributed by atoms with Crippen molar-refractivity contribution in [3.05, 3.63) is 24.2 Å². The lowest BCUT2D eigenvalue weighted by Crippen LogP contribution is -2.42. The Hall–Kier alpha value is -0.800. The van der Waals surface area contributed by atoms with E-state index < -0.39 is 0 Å². The molecule has 14 heavy (non-hydrogen) atoms. The van der Waals surface area contributed by atoms with E-state index in [9.17, 15) is 0 Å². The third-order valence-corrected chi connectivity index (χ3v) is 3.71. The van der Waals surface area contributed by atoms with Gasteiger partial charge in [-0.1, -0.05) is 0 Å². The summed E-state index contributed by atoms with van der Waals surface area (Å²) in [6.07, 6.45) is 2.89. The maximum Gasteiger partial charge on any atom is 0.124 e. The average molecular weight is 194 g/mol. The van der Waals surface area contributed by atoms with Gasteiger partial charge in [0.25, 0.3) is 0 Å². The van der Waals surface area contributed by atoms with Crippen LogP contribution in [-0.4, -0.2) is 25.0 Å². The minimum absolute atomic E-state index is 0.0156. The molecule has 0 radical (unpaired) electrons. The van der Waals surface area contributed by atoms with E-state index in [0.29, 0.717) is 5.92 Å². The summed E-state index contributed by atoms with van der Waals surface area (Å²) < 4.78 is 5.53. The number of nitrogens with two attached hydrogens (primary N) is 1. The fraction of sp³-hybridized carbons (Fsp3) is 0.636. The Labute approximate surface area is 84.9 Å². The number of nitrogens with zero attached hydrogens (tertiary/aromatic N) is 1. The van der Waals surface area contributed by atoms with Crippen LogP contribution in [0.2, 0.25) is 0 Å². The van der Waals surface area contributed by atoms with E-state index in [-0.39, 0.29) is 5.54 Å². The summed E-state index contributed by atoms with van der Waals surface area (Å²) in [5.41, 5.74) is 5.79. The van der Waals surface area contributed by atoms with Crippen molar-refractivity contribution >= 4 is 0 Å². The molecule has 1 saturated heterocycles. The summed E-state index contributed by atoms with van der Waals surface area (Å²) in [4.78, 5) is 2.34. The zero-order chi connectivity index (χ0) is 10.2. The van der Waals surface area contributed by atoms with Crippen LogP contribution in [0.3, 0.4) is 0 Å². The highest BCUT2D eigenvalue weighted by molar-refractivity contribution is 5.16. The van der Waals surface area contributed by atoms with Crippen LogP contribution in [0.25, 0.3) is 0 Å². The molecule has 1 aliphatic heterocycles. The van der Waals surface area contributed by atoms with Crippen molar-refractivity contribution in [2.75, 3.05) is 20.1 Å². The molecule has 1 aromatic rings. The molecule has 3 heteroatoms. The summed E-state index contributed by atoms with van der Waals surface area (Å²) in [5.74, 6) is 1.53. The maximum atomic E-state index is 5.81. The lowest BCUT2D eigenvalue weighted by Gasteiger charge is -2.34. The number of rotatable bonds is 2. The molecule has 0 saturated carbocycles. The molecule has 0 aromatic carbocycles. The van der Waals surface area contributed by atoms with Gasteiger partial charge in [0.15, 0.2) is 0 Å². The normalized spacial score (nSPS) is 33.8. The van der Waals surface area contributed by atoms with Gasteiger partial charge in [-0.2, -0.15) is 0 Å². The van der Waals surface area contributed by atoms with Crippen LogP contribution in [0.4, 0.5) is 0 Å². The van der Waals surface area contributed by atoms with Gasteiger partial charge in [-0.05, 0) is 51.5 Å². The first-order valence-electron chi connectivity index (χ1n) is 5.15. The standard InChI is InChI=1S/C11H18N2O/c1-11(10-4-3-7-14-10)9(8-12)5-6-13(11)2/h3-4,7,9H,5-6,8,12H2,1-2H3. The van der Waals surface area contributed by atoms with Crippen molar-refractivity contribution in [3.8, 4) is 0 Å². The van der Waals surface area contributed by atoms with Crippen LogP contribution in [-0.2, 0) is 5.54 Å². The van der Waals surface area contributed by atoms with E-state index in [0.717, 1.165) is 25.3 Å². The third kappa shape index (κ3) is 1.20. The van der Waals surface area contributed by atoms with Crippen molar-refractivity contribution in [2.45, 2.75) is 18.9 Å². The Balaban J connectivity index is 2.36. The van der Waals surface area contributed by atoms with Gasteiger partial charge in [0.1, 0.15) is 5.76 Å². The zero-order valence-electron chi connectivity index (χ0n) is 8.86. The first-order valence-corrected chi connectivity index (χ1v) is 5.15. The second-order valence-electron chi connectivity index (χ2n) is 4.27. The molecule has 0 bridgehead atoms. The molecule has 1 aromatic heterocycles.